The van der Waals surface area contributed by atoms with Gasteiger partial charge in [0.25, 0.3) is 5.91 Å². The predicted molar refractivity (Wildman–Crippen MR) is 88.5 cm³/mol. The Morgan fingerprint density at radius 2 is 2.26 bits per heavy atom. The van der Waals surface area contributed by atoms with Crippen LogP contribution < -0.4 is 4.74 Å². The minimum atomic E-state index is -0.746. The van der Waals surface area contributed by atoms with Crippen LogP contribution in [0.4, 0.5) is 0 Å². The molecule has 0 aromatic heterocycles. The van der Waals surface area contributed by atoms with Crippen molar-refractivity contribution >= 4 is 5.91 Å². The molecule has 1 aromatic rings. The fraction of sp³-hybridized carbons (Fsp3) is 0.611. The summed E-state index contributed by atoms with van der Waals surface area (Å²) in [7, 11) is 1.63. The van der Waals surface area contributed by atoms with E-state index in [0.29, 0.717) is 38.3 Å². The Labute approximate surface area is 138 Å². The summed E-state index contributed by atoms with van der Waals surface area (Å²) >= 11 is 0. The number of aliphatic hydroxyl groups is 1. The highest BCUT2D eigenvalue weighted by Gasteiger charge is 2.39. The van der Waals surface area contributed by atoms with Crippen molar-refractivity contribution in [2.75, 3.05) is 33.4 Å². The van der Waals surface area contributed by atoms with Gasteiger partial charge in [0.1, 0.15) is 5.75 Å². The monoisotopic (exact) mass is 321 g/mol. The number of likely N-dealkylation sites (tertiary alicyclic amines) is 1. The molecule has 1 aliphatic heterocycles. The maximum Gasteiger partial charge on any atom is 0.260 e. The molecule has 23 heavy (non-hydrogen) atoms. The van der Waals surface area contributed by atoms with Crippen molar-refractivity contribution in [3.05, 3.63) is 29.8 Å². The fourth-order valence-corrected chi connectivity index (χ4v) is 2.98. The van der Waals surface area contributed by atoms with Crippen molar-refractivity contribution in [3.63, 3.8) is 0 Å². The van der Waals surface area contributed by atoms with E-state index in [-0.39, 0.29) is 18.4 Å². The molecule has 0 spiro atoms. The number of rotatable bonds is 6. The number of carbonyl (C=O) groups excluding carboxylic acids is 1. The Kier molecular flexibility index (Phi) is 6.02. The molecule has 0 radical (unpaired) electrons. The van der Waals surface area contributed by atoms with Crippen molar-refractivity contribution in [2.24, 2.45) is 5.92 Å². The van der Waals surface area contributed by atoms with Crippen LogP contribution in [0.3, 0.4) is 0 Å². The number of nitrogens with zero attached hydrogens (tertiary/aromatic N) is 1. The molecule has 2 atom stereocenters. The van der Waals surface area contributed by atoms with Gasteiger partial charge in [0.2, 0.25) is 0 Å². The molecule has 1 amide bonds. The Balaban J connectivity index is 1.85. The maximum atomic E-state index is 12.3. The highest BCUT2D eigenvalue weighted by atomic mass is 16.5. The third-order valence-corrected chi connectivity index (χ3v) is 4.67. The molecule has 0 saturated carbocycles. The van der Waals surface area contributed by atoms with Crippen molar-refractivity contribution < 1.29 is 19.4 Å². The Morgan fingerprint density at radius 3 is 2.91 bits per heavy atom. The third-order valence-electron chi connectivity index (χ3n) is 4.67. The lowest BCUT2D eigenvalue weighted by atomic mass is 9.80. The number of benzene rings is 1. The van der Waals surface area contributed by atoms with Gasteiger partial charge in [-0.05, 0) is 37.5 Å². The van der Waals surface area contributed by atoms with E-state index in [0.717, 1.165) is 5.56 Å². The van der Waals surface area contributed by atoms with Gasteiger partial charge >= 0.3 is 0 Å². The van der Waals surface area contributed by atoms with Gasteiger partial charge in [0.15, 0.2) is 6.61 Å². The van der Waals surface area contributed by atoms with Crippen LogP contribution in [0.2, 0.25) is 0 Å². The first-order valence-corrected chi connectivity index (χ1v) is 8.13. The van der Waals surface area contributed by atoms with Gasteiger partial charge in [0.05, 0.1) is 5.60 Å². The summed E-state index contributed by atoms with van der Waals surface area (Å²) in [5, 5.41) is 10.7. The average Bonchev–Trinajstić information content (AvgIpc) is 2.53. The summed E-state index contributed by atoms with van der Waals surface area (Å²) in [4.78, 5) is 14.1. The molecule has 1 aromatic carbocycles. The maximum absolute atomic E-state index is 12.3. The molecule has 0 aliphatic carbocycles. The zero-order valence-corrected chi connectivity index (χ0v) is 14.2. The SMILES string of the molecule is COCC[C@]1(O)CCN(C(=O)COc2cccc(C)c2)C[C@H]1C. The minimum Gasteiger partial charge on any atom is -0.484 e. The van der Waals surface area contributed by atoms with Crippen LogP contribution >= 0.6 is 0 Å². The van der Waals surface area contributed by atoms with E-state index < -0.39 is 5.60 Å². The number of carbonyl (C=O) groups is 1. The van der Waals surface area contributed by atoms with Crippen LogP contribution in [0.25, 0.3) is 0 Å². The Morgan fingerprint density at radius 1 is 1.48 bits per heavy atom. The normalized spacial score (nSPS) is 24.5. The van der Waals surface area contributed by atoms with Crippen molar-refractivity contribution in [3.8, 4) is 5.75 Å². The molecule has 1 saturated heterocycles. The number of hydrogen-bond donors (Lipinski definition) is 1. The average molecular weight is 321 g/mol. The summed E-state index contributed by atoms with van der Waals surface area (Å²) in [5.41, 5.74) is 0.356. The largest absolute Gasteiger partial charge is 0.484 e. The molecule has 2 rings (SSSR count). The molecular weight excluding hydrogens is 294 g/mol. The van der Waals surface area contributed by atoms with Gasteiger partial charge in [-0.15, -0.1) is 0 Å². The molecule has 1 aliphatic rings. The molecule has 5 nitrogen and oxygen atoms in total. The number of aryl methyl sites for hydroxylation is 1. The summed E-state index contributed by atoms with van der Waals surface area (Å²) < 4.78 is 10.6. The highest BCUT2D eigenvalue weighted by molar-refractivity contribution is 5.78. The van der Waals surface area contributed by atoms with Gasteiger partial charge in [-0.1, -0.05) is 19.1 Å². The molecule has 1 fully saturated rings. The smallest absolute Gasteiger partial charge is 0.260 e. The lowest BCUT2D eigenvalue weighted by Gasteiger charge is -2.43. The van der Waals surface area contributed by atoms with E-state index in [1.54, 1.807) is 12.0 Å². The lowest BCUT2D eigenvalue weighted by molar-refractivity contribution is -0.142. The van der Waals surface area contributed by atoms with Crippen molar-refractivity contribution in [1.82, 2.24) is 4.90 Å². The van der Waals surface area contributed by atoms with Crippen LogP contribution in [0, 0.1) is 12.8 Å². The zero-order valence-electron chi connectivity index (χ0n) is 14.2. The molecule has 1 N–H and O–H groups in total. The molecule has 5 heteroatoms. The molecule has 0 unspecified atom stereocenters. The van der Waals surface area contributed by atoms with E-state index >= 15 is 0 Å². The Hall–Kier alpha value is -1.59. The van der Waals surface area contributed by atoms with Crippen LogP contribution in [-0.4, -0.2) is 54.9 Å². The van der Waals surface area contributed by atoms with Gasteiger partial charge in [0, 0.05) is 32.7 Å². The van der Waals surface area contributed by atoms with Crippen molar-refractivity contribution in [1.29, 1.82) is 0 Å². The van der Waals surface area contributed by atoms with E-state index in [4.69, 9.17) is 9.47 Å². The Bertz CT molecular complexity index is 534. The topological polar surface area (TPSA) is 59.0 Å². The second-order valence-electron chi connectivity index (χ2n) is 6.44. The van der Waals surface area contributed by atoms with Gasteiger partial charge < -0.3 is 19.5 Å². The first-order valence-electron chi connectivity index (χ1n) is 8.13. The summed E-state index contributed by atoms with van der Waals surface area (Å²) in [5.74, 6) is 0.696. The summed E-state index contributed by atoms with van der Waals surface area (Å²) in [6, 6.07) is 7.66. The molecule has 128 valence electrons. The van der Waals surface area contributed by atoms with E-state index in [1.165, 1.54) is 0 Å². The second-order valence-corrected chi connectivity index (χ2v) is 6.44. The lowest BCUT2D eigenvalue weighted by Crippen LogP contribution is -2.53. The number of hydrogen-bond acceptors (Lipinski definition) is 4. The van der Waals surface area contributed by atoms with Crippen LogP contribution in [0.5, 0.6) is 5.75 Å². The zero-order chi connectivity index (χ0) is 16.9. The molecule has 1 heterocycles. The van der Waals surface area contributed by atoms with Crippen molar-refractivity contribution in [2.45, 2.75) is 32.3 Å². The first-order chi connectivity index (χ1) is 10.9. The number of ether oxygens (including phenoxy) is 2. The van der Waals surface area contributed by atoms with Crippen LogP contribution in [0.15, 0.2) is 24.3 Å². The summed E-state index contributed by atoms with van der Waals surface area (Å²) in [6.07, 6.45) is 1.18. The fourth-order valence-electron chi connectivity index (χ4n) is 2.98. The van der Waals surface area contributed by atoms with E-state index in [1.807, 2.05) is 38.1 Å². The minimum absolute atomic E-state index is 0.0225. The number of amides is 1. The summed E-state index contributed by atoms with van der Waals surface area (Å²) in [6.45, 7) is 5.65. The van der Waals surface area contributed by atoms with E-state index in [2.05, 4.69) is 0 Å². The standard InChI is InChI=1S/C18H27NO4/c1-14-5-4-6-16(11-14)23-13-17(20)19-9-7-18(21,8-10-22-3)15(2)12-19/h4-6,11,15,21H,7-10,12-13H2,1-3H3/t15-,18-/m1/s1. The first kappa shape index (κ1) is 17.8. The van der Waals surface area contributed by atoms with Gasteiger partial charge in [-0.25, -0.2) is 0 Å². The van der Waals surface area contributed by atoms with Gasteiger partial charge in [-0.2, -0.15) is 0 Å². The van der Waals surface area contributed by atoms with Crippen LogP contribution in [0.1, 0.15) is 25.3 Å². The van der Waals surface area contributed by atoms with Gasteiger partial charge in [-0.3, -0.25) is 4.79 Å². The number of piperidine rings is 1. The number of methoxy groups -OCH3 is 1. The molecule has 0 bridgehead atoms. The quantitative estimate of drug-likeness (QED) is 0.871. The molecular formula is C18H27NO4. The van der Waals surface area contributed by atoms with Crippen LogP contribution in [-0.2, 0) is 9.53 Å². The highest BCUT2D eigenvalue weighted by Crippen LogP contribution is 2.31. The second kappa shape index (κ2) is 7.79. The third kappa shape index (κ3) is 4.69. The predicted octanol–water partition coefficient (Wildman–Crippen LogP) is 2.01. The van der Waals surface area contributed by atoms with E-state index in [9.17, 15) is 9.90 Å².